The third kappa shape index (κ3) is 3.74. The fourth-order valence-corrected chi connectivity index (χ4v) is 2.36. The van der Waals surface area contributed by atoms with Crippen LogP contribution in [0.4, 0.5) is 0 Å². The Morgan fingerprint density at radius 1 is 1.32 bits per heavy atom. The van der Waals surface area contributed by atoms with Crippen molar-refractivity contribution in [1.82, 2.24) is 4.98 Å². The van der Waals surface area contributed by atoms with Gasteiger partial charge in [-0.05, 0) is 61.3 Å². The van der Waals surface area contributed by atoms with Crippen LogP contribution in [0.3, 0.4) is 0 Å². The molecule has 1 aliphatic carbocycles. The van der Waals surface area contributed by atoms with Gasteiger partial charge in [0, 0.05) is 6.08 Å². The number of aromatic nitrogens is 1. The molecule has 1 aromatic heterocycles. The minimum atomic E-state index is 0.0745. The molecule has 0 unspecified atom stereocenters. The van der Waals surface area contributed by atoms with E-state index in [0.717, 1.165) is 45.2 Å². The molecule has 1 N–H and O–H groups in total. The third-order valence-corrected chi connectivity index (χ3v) is 3.69. The van der Waals surface area contributed by atoms with Crippen molar-refractivity contribution in [3.63, 3.8) is 0 Å². The number of aryl methyl sites for hydroxylation is 1. The lowest BCUT2D eigenvalue weighted by atomic mass is 10.1. The summed E-state index contributed by atoms with van der Waals surface area (Å²) in [6.45, 7) is 6.09. The minimum Gasteiger partial charge on any atom is -0.497 e. The Bertz CT molecular complexity index is 767. The van der Waals surface area contributed by atoms with Crippen LogP contribution in [0.15, 0.2) is 35.6 Å². The number of fused-ring (bicyclic) bond motifs is 1. The molecular formula is C19H23NO2. The summed E-state index contributed by atoms with van der Waals surface area (Å²) in [7, 11) is 1.68. The first-order chi connectivity index (χ1) is 10.5. The number of ether oxygens (including phenoxy) is 1. The number of rotatable bonds is 4. The molecule has 2 rings (SSSR count). The number of allylic oxidation sites excluding steroid dienone is 5. The van der Waals surface area contributed by atoms with E-state index in [-0.39, 0.29) is 6.61 Å². The summed E-state index contributed by atoms with van der Waals surface area (Å²) in [5.74, 6) is 0.843. The van der Waals surface area contributed by atoms with E-state index in [0.29, 0.717) is 0 Å². The zero-order valence-electron chi connectivity index (χ0n) is 13.7. The van der Waals surface area contributed by atoms with Gasteiger partial charge in [0.2, 0.25) is 0 Å². The van der Waals surface area contributed by atoms with Crippen molar-refractivity contribution in [3.8, 4) is 0 Å². The van der Waals surface area contributed by atoms with Gasteiger partial charge in [0.1, 0.15) is 5.76 Å². The fourth-order valence-electron chi connectivity index (χ4n) is 2.36. The van der Waals surface area contributed by atoms with Crippen LogP contribution in [0.1, 0.15) is 31.5 Å². The highest BCUT2D eigenvalue weighted by molar-refractivity contribution is 5.65. The van der Waals surface area contributed by atoms with E-state index >= 15 is 0 Å². The van der Waals surface area contributed by atoms with E-state index in [2.05, 4.69) is 19.1 Å². The second kappa shape index (κ2) is 7.23. The summed E-state index contributed by atoms with van der Waals surface area (Å²) in [4.78, 5) is 4.81. The summed E-state index contributed by atoms with van der Waals surface area (Å²) in [5.41, 5.74) is 4.13. The SMILES string of the molecule is COC1=CCC=c2cc(C)c(/C(C)=C/C=C(\C)CO)nc2=C1. The van der Waals surface area contributed by atoms with Gasteiger partial charge in [-0.1, -0.05) is 18.2 Å². The molecule has 0 saturated carbocycles. The lowest BCUT2D eigenvalue weighted by molar-refractivity contribution is 0.312. The molecule has 0 atom stereocenters. The topological polar surface area (TPSA) is 42.4 Å². The smallest absolute Gasteiger partial charge is 0.117 e. The quantitative estimate of drug-likeness (QED) is 0.867. The van der Waals surface area contributed by atoms with Gasteiger partial charge < -0.3 is 9.84 Å². The van der Waals surface area contributed by atoms with E-state index in [4.69, 9.17) is 14.8 Å². The standard InChI is InChI=1S/C19H23NO2/c1-13(12-21)8-9-14(2)19-15(3)10-16-6-5-7-17(22-4)11-18(16)20-19/h6-11,21H,5,12H2,1-4H3/b13-8+,14-9+. The molecule has 3 heteroatoms. The number of methoxy groups -OCH3 is 1. The van der Waals surface area contributed by atoms with E-state index in [1.165, 1.54) is 0 Å². The summed E-state index contributed by atoms with van der Waals surface area (Å²) < 4.78 is 5.35. The van der Waals surface area contributed by atoms with E-state index in [1.54, 1.807) is 7.11 Å². The number of nitrogens with zero attached hydrogens (tertiary/aromatic N) is 1. The molecule has 0 aliphatic heterocycles. The van der Waals surface area contributed by atoms with Crippen molar-refractivity contribution in [2.75, 3.05) is 13.7 Å². The van der Waals surface area contributed by atoms with Gasteiger partial charge in [-0.15, -0.1) is 0 Å². The number of pyridine rings is 1. The molecule has 0 saturated heterocycles. The summed E-state index contributed by atoms with van der Waals surface area (Å²) in [6, 6.07) is 2.17. The average molecular weight is 297 g/mol. The average Bonchev–Trinajstić information content (AvgIpc) is 2.72. The Balaban J connectivity index is 2.54. The molecule has 0 bridgehead atoms. The van der Waals surface area contributed by atoms with Gasteiger partial charge in [-0.3, -0.25) is 0 Å². The molecule has 0 spiro atoms. The summed E-state index contributed by atoms with van der Waals surface area (Å²) >= 11 is 0. The maximum Gasteiger partial charge on any atom is 0.117 e. The lowest BCUT2D eigenvalue weighted by Gasteiger charge is -2.06. The molecule has 0 amide bonds. The van der Waals surface area contributed by atoms with Gasteiger partial charge in [0.05, 0.1) is 24.8 Å². The Morgan fingerprint density at radius 2 is 2.09 bits per heavy atom. The van der Waals surface area contributed by atoms with E-state index < -0.39 is 0 Å². The zero-order chi connectivity index (χ0) is 16.1. The first-order valence-electron chi connectivity index (χ1n) is 7.44. The van der Waals surface area contributed by atoms with Crippen LogP contribution in [0.25, 0.3) is 17.7 Å². The summed E-state index contributed by atoms with van der Waals surface area (Å²) in [5, 5.41) is 11.1. The predicted molar refractivity (Wildman–Crippen MR) is 91.4 cm³/mol. The van der Waals surface area contributed by atoms with Gasteiger partial charge >= 0.3 is 0 Å². The fraction of sp³-hybridized carbons (Fsp3) is 0.316. The first kappa shape index (κ1) is 16.2. The Kier molecular flexibility index (Phi) is 5.34. The van der Waals surface area contributed by atoms with Crippen molar-refractivity contribution in [2.24, 2.45) is 0 Å². The molecule has 1 heterocycles. The van der Waals surface area contributed by atoms with Gasteiger partial charge in [-0.2, -0.15) is 0 Å². The highest BCUT2D eigenvalue weighted by Gasteiger charge is 2.05. The minimum absolute atomic E-state index is 0.0745. The largest absolute Gasteiger partial charge is 0.497 e. The Morgan fingerprint density at radius 3 is 2.77 bits per heavy atom. The second-order valence-electron chi connectivity index (χ2n) is 5.54. The normalized spacial score (nSPS) is 15.2. The van der Waals surface area contributed by atoms with Crippen molar-refractivity contribution in [2.45, 2.75) is 27.2 Å². The second-order valence-corrected chi connectivity index (χ2v) is 5.54. The van der Waals surface area contributed by atoms with Crippen molar-refractivity contribution in [1.29, 1.82) is 0 Å². The van der Waals surface area contributed by atoms with Crippen LogP contribution in [-0.4, -0.2) is 23.8 Å². The van der Waals surface area contributed by atoms with Gasteiger partial charge in [-0.25, -0.2) is 4.98 Å². The molecule has 22 heavy (non-hydrogen) atoms. The molecular weight excluding hydrogens is 274 g/mol. The maximum atomic E-state index is 9.08. The number of hydrogen-bond acceptors (Lipinski definition) is 3. The zero-order valence-corrected chi connectivity index (χ0v) is 13.7. The van der Waals surface area contributed by atoms with Crippen LogP contribution in [0.2, 0.25) is 0 Å². The molecule has 3 nitrogen and oxygen atoms in total. The monoisotopic (exact) mass is 297 g/mol. The van der Waals surface area contributed by atoms with E-state index in [9.17, 15) is 0 Å². The van der Waals surface area contributed by atoms with Crippen LogP contribution in [-0.2, 0) is 4.74 Å². The predicted octanol–water partition coefficient (Wildman–Crippen LogP) is 2.23. The highest BCUT2D eigenvalue weighted by Crippen LogP contribution is 2.14. The van der Waals surface area contributed by atoms with Gasteiger partial charge in [0.15, 0.2) is 0 Å². The first-order valence-corrected chi connectivity index (χ1v) is 7.44. The van der Waals surface area contributed by atoms with E-state index in [1.807, 2.05) is 38.2 Å². The van der Waals surface area contributed by atoms with Gasteiger partial charge in [0.25, 0.3) is 0 Å². The highest BCUT2D eigenvalue weighted by atomic mass is 16.5. The third-order valence-electron chi connectivity index (χ3n) is 3.69. The maximum absolute atomic E-state index is 9.08. The molecule has 116 valence electrons. The molecule has 0 fully saturated rings. The number of hydrogen-bond donors (Lipinski definition) is 1. The number of aliphatic hydroxyl groups is 1. The lowest BCUT2D eigenvalue weighted by Crippen LogP contribution is -2.29. The Labute approximate surface area is 131 Å². The van der Waals surface area contributed by atoms with Crippen LogP contribution in [0, 0.1) is 6.92 Å². The van der Waals surface area contributed by atoms with Crippen molar-refractivity contribution in [3.05, 3.63) is 57.5 Å². The molecule has 0 radical (unpaired) electrons. The van der Waals surface area contributed by atoms with Crippen molar-refractivity contribution < 1.29 is 9.84 Å². The molecule has 0 aromatic carbocycles. The molecule has 1 aliphatic rings. The summed E-state index contributed by atoms with van der Waals surface area (Å²) in [6.07, 6.45) is 11.0. The van der Waals surface area contributed by atoms with Crippen LogP contribution >= 0.6 is 0 Å². The Hall–Kier alpha value is -2.13. The number of aliphatic hydroxyl groups excluding tert-OH is 1. The molecule has 1 aromatic rings. The van der Waals surface area contributed by atoms with Crippen LogP contribution in [0.5, 0.6) is 0 Å². The van der Waals surface area contributed by atoms with Crippen molar-refractivity contribution >= 4 is 17.7 Å². The van der Waals surface area contributed by atoms with Crippen LogP contribution < -0.4 is 10.6 Å².